The maximum atomic E-state index is 12.1. The lowest BCUT2D eigenvalue weighted by Crippen LogP contribution is -2.26. The first-order chi connectivity index (χ1) is 14.6. The molecule has 1 N–H and O–H groups in total. The fraction of sp³-hybridized carbons (Fsp3) is 0.500. The number of ether oxygens (including phenoxy) is 2. The van der Waals surface area contributed by atoms with E-state index in [0.29, 0.717) is 11.8 Å². The van der Waals surface area contributed by atoms with Gasteiger partial charge in [0.25, 0.3) is 0 Å². The molecule has 4 unspecified atom stereocenters. The molecule has 4 heteroatoms. The van der Waals surface area contributed by atoms with Gasteiger partial charge in [0, 0.05) is 0 Å². The van der Waals surface area contributed by atoms with Gasteiger partial charge in [-0.2, -0.15) is 0 Å². The molecule has 30 heavy (non-hydrogen) atoms. The van der Waals surface area contributed by atoms with Crippen LogP contribution < -0.4 is 4.74 Å². The first-order valence-corrected chi connectivity index (χ1v) is 11.2. The second-order valence-electron chi connectivity index (χ2n) is 8.92. The van der Waals surface area contributed by atoms with E-state index in [4.69, 9.17) is 9.47 Å². The first-order valence-electron chi connectivity index (χ1n) is 11.2. The van der Waals surface area contributed by atoms with Crippen molar-refractivity contribution in [2.24, 2.45) is 17.8 Å². The summed E-state index contributed by atoms with van der Waals surface area (Å²) < 4.78 is 11.2. The number of aliphatic hydroxyl groups excluding tert-OH is 1. The van der Waals surface area contributed by atoms with E-state index in [-0.39, 0.29) is 25.3 Å². The second-order valence-corrected chi connectivity index (χ2v) is 8.92. The van der Waals surface area contributed by atoms with Crippen LogP contribution >= 0.6 is 0 Å². The van der Waals surface area contributed by atoms with Crippen LogP contribution in [0, 0.1) is 17.8 Å². The Bertz CT molecular complexity index is 845. The molecule has 0 bridgehead atoms. The van der Waals surface area contributed by atoms with E-state index in [2.05, 4.69) is 6.07 Å². The van der Waals surface area contributed by atoms with Gasteiger partial charge in [0.05, 0.1) is 6.10 Å². The number of carbonyl (C=O) groups is 1. The highest BCUT2D eigenvalue weighted by molar-refractivity contribution is 5.71. The van der Waals surface area contributed by atoms with Crippen LogP contribution in [-0.4, -0.2) is 23.8 Å². The summed E-state index contributed by atoms with van der Waals surface area (Å²) in [4.78, 5) is 12.1. The third-order valence-corrected chi connectivity index (χ3v) is 6.81. The van der Waals surface area contributed by atoms with E-state index in [0.717, 1.165) is 42.9 Å². The molecule has 2 aliphatic rings. The molecule has 0 amide bonds. The molecule has 4 nitrogen and oxygen atoms in total. The van der Waals surface area contributed by atoms with Crippen LogP contribution in [0.15, 0.2) is 48.5 Å². The van der Waals surface area contributed by atoms with Crippen molar-refractivity contribution in [1.29, 1.82) is 0 Å². The minimum atomic E-state index is -0.343. The zero-order valence-electron chi connectivity index (χ0n) is 17.8. The van der Waals surface area contributed by atoms with Crippen LogP contribution in [0.5, 0.6) is 5.75 Å². The molecule has 4 rings (SSSR count). The van der Waals surface area contributed by atoms with Crippen molar-refractivity contribution in [3.63, 3.8) is 0 Å². The highest BCUT2D eigenvalue weighted by Crippen LogP contribution is 2.48. The summed E-state index contributed by atoms with van der Waals surface area (Å²) in [6.45, 7) is 2.10. The average Bonchev–Trinajstić information content (AvgIpc) is 3.15. The van der Waals surface area contributed by atoms with E-state index in [9.17, 15) is 9.90 Å². The molecule has 1 fully saturated rings. The molecule has 0 aromatic heterocycles. The molecule has 0 radical (unpaired) electrons. The zero-order valence-corrected chi connectivity index (χ0v) is 17.8. The van der Waals surface area contributed by atoms with Gasteiger partial charge in [0.1, 0.15) is 12.4 Å². The van der Waals surface area contributed by atoms with Crippen molar-refractivity contribution >= 4 is 5.97 Å². The predicted molar refractivity (Wildman–Crippen MR) is 116 cm³/mol. The minimum Gasteiger partial charge on any atom is -0.482 e. The Balaban J connectivity index is 1.34. The summed E-state index contributed by atoms with van der Waals surface area (Å²) in [5.74, 6) is 2.60. The van der Waals surface area contributed by atoms with Gasteiger partial charge in [-0.05, 0) is 86.0 Å². The van der Waals surface area contributed by atoms with Gasteiger partial charge in [-0.15, -0.1) is 0 Å². The lowest BCUT2D eigenvalue weighted by molar-refractivity contribution is -0.147. The summed E-state index contributed by atoms with van der Waals surface area (Å²) in [6.07, 6.45) is 6.44. The lowest BCUT2D eigenvalue weighted by atomic mass is 9.73. The average molecular weight is 409 g/mol. The number of hydrogen-bond donors (Lipinski definition) is 1. The van der Waals surface area contributed by atoms with Crippen molar-refractivity contribution in [3.8, 4) is 5.75 Å². The van der Waals surface area contributed by atoms with E-state index >= 15 is 0 Å². The molecular weight excluding hydrogens is 376 g/mol. The van der Waals surface area contributed by atoms with Gasteiger partial charge in [-0.1, -0.05) is 42.5 Å². The van der Waals surface area contributed by atoms with Crippen LogP contribution in [0.4, 0.5) is 0 Å². The number of aliphatic hydroxyl groups is 1. The molecule has 0 heterocycles. The van der Waals surface area contributed by atoms with Crippen molar-refractivity contribution in [1.82, 2.24) is 0 Å². The number of benzene rings is 2. The van der Waals surface area contributed by atoms with Crippen LogP contribution in [0.1, 0.15) is 49.3 Å². The Kier molecular flexibility index (Phi) is 6.73. The summed E-state index contributed by atoms with van der Waals surface area (Å²) in [5, 5.41) is 9.66. The Morgan fingerprint density at radius 3 is 2.73 bits per heavy atom. The second kappa shape index (κ2) is 9.65. The topological polar surface area (TPSA) is 55.8 Å². The van der Waals surface area contributed by atoms with Gasteiger partial charge < -0.3 is 14.6 Å². The molecule has 0 spiro atoms. The van der Waals surface area contributed by atoms with Gasteiger partial charge in [0.2, 0.25) is 0 Å². The van der Waals surface area contributed by atoms with Gasteiger partial charge >= 0.3 is 5.97 Å². The first kappa shape index (κ1) is 20.9. The number of esters is 1. The van der Waals surface area contributed by atoms with E-state index in [1.807, 2.05) is 49.4 Å². The largest absolute Gasteiger partial charge is 0.482 e. The van der Waals surface area contributed by atoms with Gasteiger partial charge in [-0.25, -0.2) is 4.79 Å². The highest BCUT2D eigenvalue weighted by Gasteiger charge is 2.39. The third kappa shape index (κ3) is 5.04. The number of rotatable bonds is 8. The smallest absolute Gasteiger partial charge is 0.344 e. The van der Waals surface area contributed by atoms with Gasteiger partial charge in [0.15, 0.2) is 6.61 Å². The number of fused-ring (bicyclic) bond motifs is 2. The van der Waals surface area contributed by atoms with E-state index in [1.54, 1.807) is 0 Å². The fourth-order valence-electron chi connectivity index (χ4n) is 5.24. The van der Waals surface area contributed by atoms with Crippen LogP contribution in [0.2, 0.25) is 0 Å². The Hall–Kier alpha value is -2.33. The molecule has 1 saturated carbocycles. The predicted octanol–water partition coefficient (Wildman–Crippen LogP) is 4.71. The normalized spacial score (nSPS) is 23.3. The molecule has 0 saturated heterocycles. The van der Waals surface area contributed by atoms with Crippen LogP contribution in [-0.2, 0) is 29.0 Å². The molecular formula is C26H32O4. The van der Waals surface area contributed by atoms with Crippen molar-refractivity contribution < 1.29 is 19.4 Å². The summed E-state index contributed by atoms with van der Waals surface area (Å²) in [5.41, 5.74) is 3.60. The summed E-state index contributed by atoms with van der Waals surface area (Å²) in [7, 11) is 0. The highest BCUT2D eigenvalue weighted by atomic mass is 16.6. The lowest BCUT2D eigenvalue weighted by Gasteiger charge is -2.32. The number of carbonyl (C=O) groups excluding carboxylic acids is 1. The maximum Gasteiger partial charge on any atom is 0.344 e. The molecule has 4 atom stereocenters. The van der Waals surface area contributed by atoms with E-state index < -0.39 is 0 Å². The third-order valence-electron chi connectivity index (χ3n) is 6.81. The number of hydrogen-bond acceptors (Lipinski definition) is 4. The van der Waals surface area contributed by atoms with Crippen LogP contribution in [0.3, 0.4) is 0 Å². The standard InChI is InChI=1S/C26H32O4/c1-18(27)10-11-20-12-13-22-15-24-21(14-23(20)22)8-5-9-25(24)29-17-26(28)30-16-19-6-3-2-4-7-19/h2-9,18,20,22-23,27H,10-17H2,1H3. The van der Waals surface area contributed by atoms with Gasteiger partial charge in [-0.3, -0.25) is 0 Å². The molecule has 160 valence electrons. The Labute approximate surface area is 179 Å². The van der Waals surface area contributed by atoms with Crippen LogP contribution in [0.25, 0.3) is 0 Å². The molecule has 0 aliphatic heterocycles. The van der Waals surface area contributed by atoms with Crippen molar-refractivity contribution in [3.05, 3.63) is 65.2 Å². The maximum absolute atomic E-state index is 12.1. The monoisotopic (exact) mass is 408 g/mol. The Morgan fingerprint density at radius 2 is 1.93 bits per heavy atom. The summed E-state index contributed by atoms with van der Waals surface area (Å²) in [6, 6.07) is 15.9. The fourth-order valence-corrected chi connectivity index (χ4v) is 5.24. The molecule has 2 aromatic rings. The zero-order chi connectivity index (χ0) is 20.9. The minimum absolute atomic E-state index is 0.0611. The Morgan fingerprint density at radius 1 is 1.10 bits per heavy atom. The molecule has 2 aromatic carbocycles. The quantitative estimate of drug-likeness (QED) is 0.643. The van der Waals surface area contributed by atoms with Crippen molar-refractivity contribution in [2.45, 2.75) is 58.2 Å². The van der Waals surface area contributed by atoms with E-state index in [1.165, 1.54) is 24.0 Å². The summed E-state index contributed by atoms with van der Waals surface area (Å²) >= 11 is 0. The van der Waals surface area contributed by atoms with Crippen molar-refractivity contribution in [2.75, 3.05) is 6.61 Å². The molecule has 2 aliphatic carbocycles. The SMILES string of the molecule is CC(O)CCC1CCC2Cc3c(cccc3OCC(=O)OCc3ccccc3)CC12.